The van der Waals surface area contributed by atoms with Crippen LogP contribution in [0.5, 0.6) is 0 Å². The Morgan fingerprint density at radius 2 is 2.44 bits per heavy atom. The Bertz CT molecular complexity index is 335. The molecule has 1 aromatic heterocycles. The Hall–Kier alpha value is -1.13. The molecule has 0 unspecified atom stereocenters. The van der Waals surface area contributed by atoms with Crippen LogP contribution in [0.1, 0.15) is 29.8 Å². The number of carbonyl (C=O) groups is 1. The van der Waals surface area contributed by atoms with Gasteiger partial charge in [-0.1, -0.05) is 6.42 Å². The molecule has 0 spiro atoms. The van der Waals surface area contributed by atoms with Crippen molar-refractivity contribution in [2.24, 2.45) is 0 Å². The molecule has 2 heterocycles. The predicted molar refractivity (Wildman–Crippen MR) is 61.4 cm³/mol. The number of aliphatic hydroxyl groups excluding tert-OH is 1. The molecule has 1 aliphatic rings. The van der Waals surface area contributed by atoms with Crippen LogP contribution in [0.15, 0.2) is 18.3 Å². The number of H-pyrrole nitrogens is 1. The van der Waals surface area contributed by atoms with Crippen molar-refractivity contribution in [1.29, 1.82) is 0 Å². The number of aromatic nitrogens is 1. The lowest BCUT2D eigenvalue weighted by molar-refractivity contribution is 0.0708. The summed E-state index contributed by atoms with van der Waals surface area (Å²) < 4.78 is 0. The van der Waals surface area contributed by atoms with Crippen molar-refractivity contribution in [3.05, 3.63) is 24.0 Å². The fourth-order valence-corrected chi connectivity index (χ4v) is 2.25. The minimum absolute atomic E-state index is 0.102. The van der Waals surface area contributed by atoms with E-state index in [-0.39, 0.29) is 18.4 Å². The van der Waals surface area contributed by atoms with E-state index < -0.39 is 0 Å². The summed E-state index contributed by atoms with van der Waals surface area (Å²) in [5.41, 5.74) is 0.655. The molecule has 1 fully saturated rings. The summed E-state index contributed by atoms with van der Waals surface area (Å²) in [6.45, 7) is 1.47. The molecule has 88 valence electrons. The molecule has 1 aromatic rings. The molecule has 2 N–H and O–H groups in total. The summed E-state index contributed by atoms with van der Waals surface area (Å²) in [4.78, 5) is 16.9. The van der Waals surface area contributed by atoms with E-state index in [9.17, 15) is 9.90 Å². The van der Waals surface area contributed by atoms with Crippen LogP contribution < -0.4 is 0 Å². The Morgan fingerprint density at radius 3 is 3.12 bits per heavy atom. The summed E-state index contributed by atoms with van der Waals surface area (Å²) >= 11 is 0. The first-order valence-corrected chi connectivity index (χ1v) is 5.83. The monoisotopic (exact) mass is 222 g/mol. The van der Waals surface area contributed by atoms with Gasteiger partial charge in [-0.15, -0.1) is 0 Å². The van der Waals surface area contributed by atoms with Crippen molar-refractivity contribution in [2.75, 3.05) is 19.7 Å². The largest absolute Gasteiger partial charge is 0.395 e. The highest BCUT2D eigenvalue weighted by Gasteiger charge is 2.23. The molecule has 16 heavy (non-hydrogen) atoms. The summed E-state index contributed by atoms with van der Waals surface area (Å²) in [5.74, 6) is 0.102. The SMILES string of the molecule is O=C(CN1CCCC[C@@H]1CO)c1ccc[nH]1. The summed E-state index contributed by atoms with van der Waals surface area (Å²) in [6, 6.07) is 3.78. The number of piperidine rings is 1. The van der Waals surface area contributed by atoms with Crippen LogP contribution in [0.25, 0.3) is 0 Å². The molecule has 0 bridgehead atoms. The number of nitrogens with one attached hydrogen (secondary N) is 1. The minimum atomic E-state index is 0.102. The predicted octanol–water partition coefficient (Wildman–Crippen LogP) is 1.04. The van der Waals surface area contributed by atoms with Gasteiger partial charge in [-0.2, -0.15) is 0 Å². The molecule has 4 nitrogen and oxygen atoms in total. The topological polar surface area (TPSA) is 56.3 Å². The number of aromatic amines is 1. The molecule has 1 saturated heterocycles. The fraction of sp³-hybridized carbons (Fsp3) is 0.583. The highest BCUT2D eigenvalue weighted by Crippen LogP contribution is 2.16. The number of rotatable bonds is 4. The first kappa shape index (κ1) is 11.4. The second kappa shape index (κ2) is 5.27. The van der Waals surface area contributed by atoms with Crippen molar-refractivity contribution in [3.63, 3.8) is 0 Å². The molecule has 1 aliphatic heterocycles. The number of carbonyl (C=O) groups excluding carboxylic acids is 1. The number of aliphatic hydroxyl groups is 1. The van der Waals surface area contributed by atoms with Crippen LogP contribution in [-0.2, 0) is 0 Å². The van der Waals surface area contributed by atoms with Gasteiger partial charge >= 0.3 is 0 Å². The van der Waals surface area contributed by atoms with E-state index in [1.807, 2.05) is 6.07 Å². The maximum absolute atomic E-state index is 11.9. The first-order valence-electron chi connectivity index (χ1n) is 5.83. The highest BCUT2D eigenvalue weighted by atomic mass is 16.3. The normalized spacial score (nSPS) is 22.2. The van der Waals surface area contributed by atoms with Crippen LogP contribution in [-0.4, -0.2) is 46.5 Å². The number of likely N-dealkylation sites (tertiary alicyclic amines) is 1. The number of nitrogens with zero attached hydrogens (tertiary/aromatic N) is 1. The van der Waals surface area contributed by atoms with E-state index in [0.717, 1.165) is 25.8 Å². The minimum Gasteiger partial charge on any atom is -0.395 e. The van der Waals surface area contributed by atoms with Gasteiger partial charge in [-0.25, -0.2) is 0 Å². The van der Waals surface area contributed by atoms with Crippen LogP contribution in [0, 0.1) is 0 Å². The number of hydrogen-bond acceptors (Lipinski definition) is 3. The van der Waals surface area contributed by atoms with E-state index in [1.165, 1.54) is 0 Å². The summed E-state index contributed by atoms with van der Waals surface area (Å²) in [5, 5.41) is 9.24. The molecule has 2 rings (SSSR count). The molecular weight excluding hydrogens is 204 g/mol. The van der Waals surface area contributed by atoms with Gasteiger partial charge in [0.1, 0.15) is 0 Å². The molecule has 4 heteroatoms. The smallest absolute Gasteiger partial charge is 0.192 e. The zero-order chi connectivity index (χ0) is 11.4. The van der Waals surface area contributed by atoms with Gasteiger partial charge in [0.25, 0.3) is 0 Å². The van der Waals surface area contributed by atoms with Crippen molar-refractivity contribution in [2.45, 2.75) is 25.3 Å². The zero-order valence-corrected chi connectivity index (χ0v) is 9.35. The van der Waals surface area contributed by atoms with Crippen LogP contribution in [0.4, 0.5) is 0 Å². The van der Waals surface area contributed by atoms with Crippen molar-refractivity contribution >= 4 is 5.78 Å². The molecule has 0 aliphatic carbocycles. The lowest BCUT2D eigenvalue weighted by Crippen LogP contribution is -2.44. The van der Waals surface area contributed by atoms with Crippen molar-refractivity contribution in [1.82, 2.24) is 9.88 Å². The van der Waals surface area contributed by atoms with Gasteiger partial charge in [0.15, 0.2) is 5.78 Å². The Morgan fingerprint density at radius 1 is 1.56 bits per heavy atom. The Kier molecular flexibility index (Phi) is 3.74. The lowest BCUT2D eigenvalue weighted by atomic mass is 10.0. The third-order valence-corrected chi connectivity index (χ3v) is 3.20. The van der Waals surface area contributed by atoms with E-state index in [1.54, 1.807) is 12.3 Å². The second-order valence-corrected chi connectivity index (χ2v) is 4.31. The van der Waals surface area contributed by atoms with Crippen LogP contribution in [0.3, 0.4) is 0 Å². The van der Waals surface area contributed by atoms with E-state index in [0.29, 0.717) is 12.2 Å². The van der Waals surface area contributed by atoms with Gasteiger partial charge in [-0.05, 0) is 31.5 Å². The number of hydrogen-bond donors (Lipinski definition) is 2. The van der Waals surface area contributed by atoms with Crippen LogP contribution >= 0.6 is 0 Å². The molecule has 0 saturated carbocycles. The van der Waals surface area contributed by atoms with Crippen molar-refractivity contribution in [3.8, 4) is 0 Å². The van der Waals surface area contributed by atoms with Gasteiger partial charge in [0, 0.05) is 12.2 Å². The van der Waals surface area contributed by atoms with E-state index >= 15 is 0 Å². The molecule has 0 radical (unpaired) electrons. The first-order chi connectivity index (χ1) is 7.81. The summed E-state index contributed by atoms with van der Waals surface area (Å²) in [6.07, 6.45) is 5.02. The lowest BCUT2D eigenvalue weighted by Gasteiger charge is -2.33. The maximum Gasteiger partial charge on any atom is 0.192 e. The molecule has 0 amide bonds. The van der Waals surface area contributed by atoms with Gasteiger partial charge in [0.2, 0.25) is 0 Å². The van der Waals surface area contributed by atoms with Gasteiger partial charge in [0.05, 0.1) is 18.8 Å². The summed E-state index contributed by atoms with van der Waals surface area (Å²) in [7, 11) is 0. The van der Waals surface area contributed by atoms with E-state index in [2.05, 4.69) is 9.88 Å². The zero-order valence-electron chi connectivity index (χ0n) is 9.35. The van der Waals surface area contributed by atoms with Crippen LogP contribution in [0.2, 0.25) is 0 Å². The standard InChI is InChI=1S/C12H18N2O2/c15-9-10-4-1-2-7-14(10)8-12(16)11-5-3-6-13-11/h3,5-6,10,13,15H,1-2,4,7-9H2/t10-/m1/s1. The molecule has 0 aromatic carbocycles. The molecular formula is C12H18N2O2. The average molecular weight is 222 g/mol. The Labute approximate surface area is 95.3 Å². The fourth-order valence-electron chi connectivity index (χ4n) is 2.25. The second-order valence-electron chi connectivity index (χ2n) is 4.31. The maximum atomic E-state index is 11.9. The number of ketones is 1. The quantitative estimate of drug-likeness (QED) is 0.748. The van der Waals surface area contributed by atoms with Gasteiger partial charge in [-0.3, -0.25) is 9.69 Å². The average Bonchev–Trinajstić information content (AvgIpc) is 2.83. The van der Waals surface area contributed by atoms with Gasteiger partial charge < -0.3 is 10.1 Å². The third-order valence-electron chi connectivity index (χ3n) is 3.20. The molecule has 1 atom stereocenters. The Balaban J connectivity index is 1.95. The highest BCUT2D eigenvalue weighted by molar-refractivity contribution is 5.95. The number of Topliss-reactive ketones (excluding diaryl/α,β-unsaturated/α-hetero) is 1. The van der Waals surface area contributed by atoms with Crippen molar-refractivity contribution < 1.29 is 9.90 Å². The third kappa shape index (κ3) is 2.51. The van der Waals surface area contributed by atoms with E-state index in [4.69, 9.17) is 0 Å².